The fourth-order valence-electron chi connectivity index (χ4n) is 1.22. The van der Waals surface area contributed by atoms with Crippen molar-refractivity contribution in [3.8, 4) is 0 Å². The third-order valence-corrected chi connectivity index (χ3v) is 1.88. The van der Waals surface area contributed by atoms with E-state index < -0.39 is 0 Å². The number of carbonyl (C=O) groups is 1. The van der Waals surface area contributed by atoms with Crippen molar-refractivity contribution in [2.45, 2.75) is 13.3 Å². The molecule has 0 aliphatic heterocycles. The summed E-state index contributed by atoms with van der Waals surface area (Å²) in [6.07, 6.45) is 15.8. The molecule has 0 spiro atoms. The number of allylic oxidation sites excluding steroid dienone is 8. The molecule has 0 unspecified atom stereocenters. The smallest absolute Gasteiger partial charge is 0.124 e. The van der Waals surface area contributed by atoms with Crippen LogP contribution in [0.15, 0.2) is 48.1 Å². The van der Waals surface area contributed by atoms with Gasteiger partial charge in [0.05, 0.1) is 0 Å². The molecule has 1 rings (SSSR count). The third-order valence-electron chi connectivity index (χ3n) is 1.88. The van der Waals surface area contributed by atoms with Gasteiger partial charge in [0.25, 0.3) is 0 Å². The summed E-state index contributed by atoms with van der Waals surface area (Å²) >= 11 is 0. The molecule has 0 aromatic carbocycles. The molecule has 0 amide bonds. The molecule has 0 N–H and O–H groups in total. The molecular formula is C12H14O. The number of aldehydes is 1. The van der Waals surface area contributed by atoms with Crippen molar-refractivity contribution in [1.82, 2.24) is 0 Å². The molecule has 0 heterocycles. The van der Waals surface area contributed by atoms with Crippen LogP contribution in [0.3, 0.4) is 0 Å². The minimum Gasteiger partial charge on any atom is -0.303 e. The first-order chi connectivity index (χ1) is 6.33. The maximum absolute atomic E-state index is 10.2. The summed E-state index contributed by atoms with van der Waals surface area (Å²) < 4.78 is 0. The molecular weight excluding hydrogens is 160 g/mol. The lowest BCUT2D eigenvalue weighted by Gasteiger charge is -2.01. The van der Waals surface area contributed by atoms with E-state index in [1.54, 1.807) is 0 Å². The van der Waals surface area contributed by atoms with Gasteiger partial charge in [0.2, 0.25) is 0 Å². The van der Waals surface area contributed by atoms with Crippen LogP contribution in [0.25, 0.3) is 0 Å². The number of rotatable bonds is 3. The summed E-state index contributed by atoms with van der Waals surface area (Å²) in [5.74, 6) is 0.329. The van der Waals surface area contributed by atoms with E-state index in [1.807, 2.05) is 31.2 Å². The van der Waals surface area contributed by atoms with Crippen molar-refractivity contribution in [2.75, 3.05) is 0 Å². The van der Waals surface area contributed by atoms with E-state index in [9.17, 15) is 4.79 Å². The van der Waals surface area contributed by atoms with E-state index in [0.29, 0.717) is 12.3 Å². The maximum Gasteiger partial charge on any atom is 0.124 e. The van der Waals surface area contributed by atoms with Crippen LogP contribution in [-0.2, 0) is 4.79 Å². The van der Waals surface area contributed by atoms with Crippen molar-refractivity contribution >= 4 is 6.29 Å². The van der Waals surface area contributed by atoms with Gasteiger partial charge in [-0.3, -0.25) is 0 Å². The van der Waals surface area contributed by atoms with Crippen molar-refractivity contribution in [1.29, 1.82) is 0 Å². The Morgan fingerprint density at radius 2 is 1.85 bits per heavy atom. The van der Waals surface area contributed by atoms with Gasteiger partial charge in [0, 0.05) is 12.3 Å². The Kier molecular flexibility index (Phi) is 3.97. The van der Waals surface area contributed by atoms with Crippen LogP contribution in [0.1, 0.15) is 13.3 Å². The lowest BCUT2D eigenvalue weighted by atomic mass is 10.0. The minimum atomic E-state index is 0.329. The van der Waals surface area contributed by atoms with E-state index >= 15 is 0 Å². The second kappa shape index (κ2) is 5.31. The van der Waals surface area contributed by atoms with Gasteiger partial charge in [-0.25, -0.2) is 0 Å². The fourth-order valence-corrected chi connectivity index (χ4v) is 1.22. The van der Waals surface area contributed by atoms with Gasteiger partial charge < -0.3 is 4.79 Å². The van der Waals surface area contributed by atoms with Crippen LogP contribution in [0.5, 0.6) is 0 Å². The highest BCUT2D eigenvalue weighted by Crippen LogP contribution is 2.11. The molecule has 1 heteroatoms. The molecule has 13 heavy (non-hydrogen) atoms. The monoisotopic (exact) mass is 174 g/mol. The van der Waals surface area contributed by atoms with Crippen molar-refractivity contribution in [3.63, 3.8) is 0 Å². The predicted molar refractivity (Wildman–Crippen MR) is 55.3 cm³/mol. The largest absolute Gasteiger partial charge is 0.303 e. The molecule has 0 atom stereocenters. The summed E-state index contributed by atoms with van der Waals surface area (Å²) in [7, 11) is 0. The summed E-state index contributed by atoms with van der Waals surface area (Å²) in [6, 6.07) is 0. The molecule has 1 aliphatic carbocycles. The van der Waals surface area contributed by atoms with Crippen LogP contribution >= 0.6 is 0 Å². The van der Waals surface area contributed by atoms with E-state index in [4.69, 9.17) is 0 Å². The standard InChI is InChI=1S/C12H14O/c1-11(8-9-13)10-12-6-4-2-3-5-7-12/h2-7,9-10,12H,8H2,1H3/b11-10-. The first-order valence-electron chi connectivity index (χ1n) is 4.45. The number of hydrogen-bond acceptors (Lipinski definition) is 1. The molecule has 0 bridgehead atoms. The average molecular weight is 174 g/mol. The first-order valence-corrected chi connectivity index (χ1v) is 4.45. The molecule has 68 valence electrons. The Labute approximate surface area is 79.2 Å². The van der Waals surface area contributed by atoms with Crippen molar-refractivity contribution in [3.05, 3.63) is 48.1 Å². The zero-order valence-corrected chi connectivity index (χ0v) is 7.81. The Bertz CT molecular complexity index is 263. The highest BCUT2D eigenvalue weighted by atomic mass is 16.1. The molecule has 0 fully saturated rings. The topological polar surface area (TPSA) is 17.1 Å². The van der Waals surface area contributed by atoms with Crippen LogP contribution < -0.4 is 0 Å². The quantitative estimate of drug-likeness (QED) is 0.475. The second-order valence-corrected chi connectivity index (χ2v) is 3.12. The van der Waals surface area contributed by atoms with E-state index in [-0.39, 0.29) is 0 Å². The van der Waals surface area contributed by atoms with E-state index in [2.05, 4.69) is 18.2 Å². The summed E-state index contributed by atoms with van der Waals surface area (Å²) in [5, 5.41) is 0. The Morgan fingerprint density at radius 3 is 2.38 bits per heavy atom. The summed E-state index contributed by atoms with van der Waals surface area (Å²) in [4.78, 5) is 10.2. The first kappa shape index (κ1) is 9.72. The Balaban J connectivity index is 2.62. The normalized spacial score (nSPS) is 17.5. The lowest BCUT2D eigenvalue weighted by Crippen LogP contribution is -1.88. The summed E-state index contributed by atoms with van der Waals surface area (Å²) in [6.45, 7) is 1.98. The van der Waals surface area contributed by atoms with E-state index in [0.717, 1.165) is 11.9 Å². The molecule has 0 aromatic rings. The lowest BCUT2D eigenvalue weighted by molar-refractivity contribution is -0.107. The van der Waals surface area contributed by atoms with Crippen molar-refractivity contribution in [2.24, 2.45) is 5.92 Å². The molecule has 0 radical (unpaired) electrons. The molecule has 0 aromatic heterocycles. The third kappa shape index (κ3) is 3.70. The van der Waals surface area contributed by atoms with Gasteiger partial charge in [-0.15, -0.1) is 0 Å². The van der Waals surface area contributed by atoms with Gasteiger partial charge in [-0.1, -0.05) is 48.1 Å². The van der Waals surface area contributed by atoms with Gasteiger partial charge in [-0.2, -0.15) is 0 Å². The van der Waals surface area contributed by atoms with Gasteiger partial charge in [0.15, 0.2) is 0 Å². The van der Waals surface area contributed by atoms with Gasteiger partial charge in [0.1, 0.15) is 6.29 Å². The fraction of sp³-hybridized carbons (Fsp3) is 0.250. The molecule has 1 aliphatic rings. The van der Waals surface area contributed by atoms with Crippen LogP contribution in [0.4, 0.5) is 0 Å². The van der Waals surface area contributed by atoms with Crippen LogP contribution in [0, 0.1) is 5.92 Å². The number of carbonyl (C=O) groups excluding carboxylic acids is 1. The molecule has 0 saturated carbocycles. The number of hydrogen-bond donors (Lipinski definition) is 0. The SMILES string of the molecule is C/C(=C/C1C=CC=CC=C1)CC=O. The van der Waals surface area contributed by atoms with Crippen molar-refractivity contribution < 1.29 is 4.79 Å². The molecule has 0 saturated heterocycles. The molecule has 1 nitrogen and oxygen atoms in total. The summed E-state index contributed by atoms with van der Waals surface area (Å²) in [5.41, 5.74) is 1.12. The minimum absolute atomic E-state index is 0.329. The predicted octanol–water partition coefficient (Wildman–Crippen LogP) is 2.82. The Hall–Kier alpha value is -1.37. The Morgan fingerprint density at radius 1 is 1.23 bits per heavy atom. The zero-order valence-electron chi connectivity index (χ0n) is 7.81. The van der Waals surface area contributed by atoms with Gasteiger partial charge in [-0.05, 0) is 6.92 Å². The van der Waals surface area contributed by atoms with Crippen LogP contribution in [-0.4, -0.2) is 6.29 Å². The van der Waals surface area contributed by atoms with E-state index in [1.165, 1.54) is 0 Å². The zero-order chi connectivity index (χ0) is 9.52. The van der Waals surface area contributed by atoms with Gasteiger partial charge >= 0.3 is 0 Å². The highest BCUT2D eigenvalue weighted by molar-refractivity contribution is 5.54. The van der Waals surface area contributed by atoms with Crippen LogP contribution in [0.2, 0.25) is 0 Å². The highest BCUT2D eigenvalue weighted by Gasteiger charge is 1.97. The maximum atomic E-state index is 10.2. The second-order valence-electron chi connectivity index (χ2n) is 3.12. The average Bonchev–Trinajstić information content (AvgIpc) is 2.33.